The van der Waals surface area contributed by atoms with Crippen LogP contribution in [-0.4, -0.2) is 19.7 Å². The van der Waals surface area contributed by atoms with Crippen molar-refractivity contribution >= 4 is 27.5 Å². The maximum atomic E-state index is 12.0. The molecule has 18 heavy (non-hydrogen) atoms. The number of carbonyl (C=O) groups excluding carboxylic acids is 1. The first-order valence-electron chi connectivity index (χ1n) is 4.96. The van der Waals surface area contributed by atoms with Crippen LogP contribution in [-0.2, 0) is 19.6 Å². The van der Waals surface area contributed by atoms with Crippen LogP contribution in [0.3, 0.4) is 0 Å². The zero-order valence-corrected chi connectivity index (χ0v) is 11.1. The molecule has 1 aromatic carbocycles. The summed E-state index contributed by atoms with van der Waals surface area (Å²) >= 11 is 3.26. The highest BCUT2D eigenvalue weighted by atomic mass is 79.9. The summed E-state index contributed by atoms with van der Waals surface area (Å²) in [6.07, 6.45) is 0.720. The minimum Gasteiger partial charge on any atom is -0.465 e. The fourth-order valence-electron chi connectivity index (χ4n) is 1.35. The number of benzene rings is 1. The lowest BCUT2D eigenvalue weighted by Crippen LogP contribution is -2.07. The van der Waals surface area contributed by atoms with Crippen molar-refractivity contribution in [2.75, 3.05) is 7.11 Å². The van der Waals surface area contributed by atoms with Gasteiger partial charge in [0.2, 0.25) is 0 Å². The molecule has 0 heterocycles. The fraction of sp³-hybridized carbons (Fsp3) is 0.250. The Bertz CT molecular complexity index is 447. The Labute approximate surface area is 112 Å². The molecule has 0 saturated carbocycles. The molecule has 6 heteroatoms. The first-order valence-corrected chi connectivity index (χ1v) is 6.08. The Kier molecular flexibility index (Phi) is 5.77. The molecule has 0 fully saturated rings. The summed E-state index contributed by atoms with van der Waals surface area (Å²) in [5.74, 6) is -0.732. The summed E-state index contributed by atoms with van der Waals surface area (Å²) in [7, 11) is 1.18. The van der Waals surface area contributed by atoms with Gasteiger partial charge in [-0.05, 0) is 11.1 Å². The van der Waals surface area contributed by atoms with Crippen LogP contribution in [0.25, 0.3) is 5.57 Å². The van der Waals surface area contributed by atoms with Crippen molar-refractivity contribution in [3.8, 4) is 0 Å². The van der Waals surface area contributed by atoms with Crippen LogP contribution in [0.4, 0.5) is 8.78 Å². The van der Waals surface area contributed by atoms with Gasteiger partial charge in [0.15, 0.2) is 0 Å². The predicted molar refractivity (Wildman–Crippen MR) is 66.2 cm³/mol. The van der Waals surface area contributed by atoms with Crippen molar-refractivity contribution in [3.05, 3.63) is 41.7 Å². The van der Waals surface area contributed by atoms with Gasteiger partial charge in [0, 0.05) is 5.33 Å². The molecule has 0 unspecified atom stereocenters. The van der Waals surface area contributed by atoms with Crippen LogP contribution in [0.15, 0.2) is 30.5 Å². The van der Waals surface area contributed by atoms with E-state index in [1.165, 1.54) is 7.11 Å². The van der Waals surface area contributed by atoms with E-state index in [1.807, 2.05) is 0 Å². The summed E-state index contributed by atoms with van der Waals surface area (Å²) in [6, 6.07) is 6.88. The maximum Gasteiger partial charge on any atom is 0.386 e. The van der Waals surface area contributed by atoms with Gasteiger partial charge in [-0.2, -0.15) is 8.78 Å². The van der Waals surface area contributed by atoms with Gasteiger partial charge < -0.3 is 9.47 Å². The fourth-order valence-corrected chi connectivity index (χ4v) is 1.84. The molecule has 1 rings (SSSR count). The van der Waals surface area contributed by atoms with Crippen molar-refractivity contribution in [1.82, 2.24) is 0 Å². The zero-order valence-electron chi connectivity index (χ0n) is 9.53. The van der Waals surface area contributed by atoms with Crippen LogP contribution >= 0.6 is 15.9 Å². The summed E-state index contributed by atoms with van der Waals surface area (Å²) < 4.78 is 32.7. The Morgan fingerprint density at radius 2 is 2.11 bits per heavy atom. The first-order chi connectivity index (χ1) is 8.60. The molecule has 0 bridgehead atoms. The first kappa shape index (κ1) is 14.6. The van der Waals surface area contributed by atoms with Crippen molar-refractivity contribution < 1.29 is 23.0 Å². The number of alkyl halides is 3. The molecule has 0 aliphatic carbocycles. The topological polar surface area (TPSA) is 35.5 Å². The van der Waals surface area contributed by atoms with Gasteiger partial charge >= 0.3 is 12.6 Å². The third-order valence-corrected chi connectivity index (χ3v) is 2.75. The van der Waals surface area contributed by atoms with Gasteiger partial charge in [0.05, 0.1) is 7.11 Å². The molecule has 98 valence electrons. The third kappa shape index (κ3) is 3.80. The number of esters is 1. The zero-order chi connectivity index (χ0) is 13.5. The van der Waals surface area contributed by atoms with Gasteiger partial charge in [-0.1, -0.05) is 40.2 Å². The molecular formula is C12H11BrF2O3. The standard InChI is InChI=1S/C12H11BrF2O3/c1-17-11(16)10(7-18-12(14)15)9-5-3-2-4-8(9)6-13/h2-5,7,12H,6H2,1H3/b10-7-. The molecular weight excluding hydrogens is 310 g/mol. The number of ether oxygens (including phenoxy) is 2. The van der Waals surface area contributed by atoms with E-state index in [4.69, 9.17) is 0 Å². The normalized spacial score (nSPS) is 11.5. The Morgan fingerprint density at radius 1 is 1.44 bits per heavy atom. The van der Waals surface area contributed by atoms with Gasteiger partial charge in [0.1, 0.15) is 11.8 Å². The molecule has 0 spiro atoms. The SMILES string of the molecule is COC(=O)/C(=C\OC(F)F)c1ccccc1CBr. The Hall–Kier alpha value is -1.43. The quantitative estimate of drug-likeness (QED) is 0.361. The van der Waals surface area contributed by atoms with Crippen molar-refractivity contribution in [2.24, 2.45) is 0 Å². The molecule has 0 amide bonds. The minimum absolute atomic E-state index is 0.0483. The lowest BCUT2D eigenvalue weighted by Gasteiger charge is -2.10. The molecule has 0 atom stereocenters. The highest BCUT2D eigenvalue weighted by Crippen LogP contribution is 2.23. The van der Waals surface area contributed by atoms with Gasteiger partial charge in [-0.25, -0.2) is 4.79 Å². The van der Waals surface area contributed by atoms with E-state index in [9.17, 15) is 13.6 Å². The van der Waals surface area contributed by atoms with Gasteiger partial charge in [0.25, 0.3) is 0 Å². The van der Waals surface area contributed by atoms with Crippen molar-refractivity contribution in [2.45, 2.75) is 11.9 Å². The van der Waals surface area contributed by atoms with Crippen LogP contribution in [0.2, 0.25) is 0 Å². The maximum absolute atomic E-state index is 12.0. The highest BCUT2D eigenvalue weighted by molar-refractivity contribution is 9.08. The minimum atomic E-state index is -2.99. The molecule has 0 saturated heterocycles. The number of rotatable bonds is 5. The van der Waals surface area contributed by atoms with E-state index in [1.54, 1.807) is 24.3 Å². The van der Waals surface area contributed by atoms with E-state index in [2.05, 4.69) is 25.4 Å². The molecule has 0 N–H and O–H groups in total. The number of carbonyl (C=O) groups is 1. The van der Waals surface area contributed by atoms with E-state index in [0.29, 0.717) is 10.9 Å². The smallest absolute Gasteiger partial charge is 0.386 e. The van der Waals surface area contributed by atoms with Crippen LogP contribution in [0.5, 0.6) is 0 Å². The van der Waals surface area contributed by atoms with Gasteiger partial charge in [-0.3, -0.25) is 0 Å². The highest BCUT2D eigenvalue weighted by Gasteiger charge is 2.17. The summed E-state index contributed by atoms with van der Waals surface area (Å²) in [6.45, 7) is -2.99. The van der Waals surface area contributed by atoms with Crippen molar-refractivity contribution in [3.63, 3.8) is 0 Å². The van der Waals surface area contributed by atoms with Crippen LogP contribution in [0.1, 0.15) is 11.1 Å². The second kappa shape index (κ2) is 7.10. The number of halogens is 3. The monoisotopic (exact) mass is 320 g/mol. The number of hydrogen-bond acceptors (Lipinski definition) is 3. The molecule has 0 aromatic heterocycles. The van der Waals surface area contributed by atoms with Gasteiger partial charge in [-0.15, -0.1) is 0 Å². The summed E-state index contributed by atoms with van der Waals surface area (Å²) in [5.41, 5.74) is 1.21. The molecule has 3 nitrogen and oxygen atoms in total. The van der Waals surface area contributed by atoms with Crippen LogP contribution in [0, 0.1) is 0 Å². The average molecular weight is 321 g/mol. The van der Waals surface area contributed by atoms with E-state index < -0.39 is 12.6 Å². The van der Waals surface area contributed by atoms with E-state index in [-0.39, 0.29) is 5.57 Å². The lowest BCUT2D eigenvalue weighted by molar-refractivity contribution is -0.134. The molecule has 0 radical (unpaired) electrons. The molecule has 0 aliphatic heterocycles. The third-order valence-electron chi connectivity index (χ3n) is 2.15. The Balaban J connectivity index is 3.17. The lowest BCUT2D eigenvalue weighted by atomic mass is 10.0. The van der Waals surface area contributed by atoms with Crippen LogP contribution < -0.4 is 0 Å². The summed E-state index contributed by atoms with van der Waals surface area (Å²) in [5, 5.41) is 0.478. The second-order valence-electron chi connectivity index (χ2n) is 3.21. The second-order valence-corrected chi connectivity index (χ2v) is 3.77. The summed E-state index contributed by atoms with van der Waals surface area (Å²) in [4.78, 5) is 11.6. The Morgan fingerprint density at radius 3 is 2.67 bits per heavy atom. The van der Waals surface area contributed by atoms with E-state index >= 15 is 0 Å². The van der Waals surface area contributed by atoms with E-state index in [0.717, 1.165) is 11.8 Å². The average Bonchev–Trinajstić information content (AvgIpc) is 2.38. The largest absolute Gasteiger partial charge is 0.465 e. The predicted octanol–water partition coefficient (Wildman–Crippen LogP) is 3.33. The number of methoxy groups -OCH3 is 1. The number of hydrogen-bond donors (Lipinski definition) is 0. The molecule has 1 aromatic rings. The van der Waals surface area contributed by atoms with Crippen molar-refractivity contribution in [1.29, 1.82) is 0 Å². The molecule has 0 aliphatic rings.